The van der Waals surface area contributed by atoms with Crippen molar-refractivity contribution in [1.29, 1.82) is 0 Å². The maximum absolute atomic E-state index is 5.87. The summed E-state index contributed by atoms with van der Waals surface area (Å²) in [6, 6.07) is 5.82. The van der Waals surface area contributed by atoms with Gasteiger partial charge in [-0.1, -0.05) is 0 Å². The second-order valence-corrected chi connectivity index (χ2v) is 5.41. The van der Waals surface area contributed by atoms with E-state index in [9.17, 15) is 0 Å². The molecule has 0 radical (unpaired) electrons. The van der Waals surface area contributed by atoms with Crippen molar-refractivity contribution in [2.45, 2.75) is 6.54 Å². The quantitative estimate of drug-likeness (QED) is 0.946. The maximum Gasteiger partial charge on any atom is 0.151 e. The van der Waals surface area contributed by atoms with Crippen LogP contribution in [0.2, 0.25) is 0 Å². The maximum atomic E-state index is 5.87. The lowest BCUT2D eigenvalue weighted by molar-refractivity contribution is 0.915. The Morgan fingerprint density at radius 1 is 1.56 bits per heavy atom. The summed E-state index contributed by atoms with van der Waals surface area (Å²) >= 11 is 5.17. The Labute approximate surface area is 107 Å². The molecule has 16 heavy (non-hydrogen) atoms. The molecule has 0 saturated carbocycles. The average molecular weight is 298 g/mol. The van der Waals surface area contributed by atoms with Crippen molar-refractivity contribution in [3.63, 3.8) is 0 Å². The number of pyridine rings is 1. The highest BCUT2D eigenvalue weighted by molar-refractivity contribution is 9.10. The Kier molecular flexibility index (Phi) is 3.46. The molecule has 0 aliphatic rings. The normalized spacial score (nSPS) is 10.4. The van der Waals surface area contributed by atoms with E-state index in [0.717, 1.165) is 16.8 Å². The van der Waals surface area contributed by atoms with Gasteiger partial charge in [-0.2, -0.15) is 0 Å². The molecule has 0 aliphatic heterocycles. The molecule has 2 N–H and O–H groups in total. The zero-order chi connectivity index (χ0) is 11.5. The molecule has 2 aromatic heterocycles. The first-order valence-corrected chi connectivity index (χ1v) is 6.48. The van der Waals surface area contributed by atoms with Gasteiger partial charge >= 0.3 is 0 Å². The lowest BCUT2D eigenvalue weighted by Crippen LogP contribution is -2.18. The van der Waals surface area contributed by atoms with Crippen molar-refractivity contribution in [2.75, 3.05) is 17.7 Å². The summed E-state index contributed by atoms with van der Waals surface area (Å²) in [5.74, 6) is 0.826. The van der Waals surface area contributed by atoms with E-state index in [1.54, 1.807) is 17.5 Å². The zero-order valence-electron chi connectivity index (χ0n) is 8.85. The lowest BCUT2D eigenvalue weighted by atomic mass is 10.3. The molecule has 0 unspecified atom stereocenters. The third-order valence-corrected chi connectivity index (χ3v) is 3.88. The van der Waals surface area contributed by atoms with Gasteiger partial charge in [0.25, 0.3) is 0 Å². The monoisotopic (exact) mass is 297 g/mol. The summed E-state index contributed by atoms with van der Waals surface area (Å²) in [6.45, 7) is 0.817. The number of hydrogen-bond acceptors (Lipinski definition) is 4. The van der Waals surface area contributed by atoms with Crippen LogP contribution in [0.1, 0.15) is 4.88 Å². The fourth-order valence-corrected chi connectivity index (χ4v) is 2.98. The van der Waals surface area contributed by atoms with Gasteiger partial charge < -0.3 is 10.6 Å². The van der Waals surface area contributed by atoms with Crippen LogP contribution in [0.5, 0.6) is 0 Å². The van der Waals surface area contributed by atoms with Crippen molar-refractivity contribution < 1.29 is 0 Å². The first-order valence-electron chi connectivity index (χ1n) is 4.81. The van der Waals surface area contributed by atoms with E-state index in [0.29, 0.717) is 5.69 Å². The topological polar surface area (TPSA) is 42.2 Å². The second kappa shape index (κ2) is 4.84. The Morgan fingerprint density at radius 3 is 3.00 bits per heavy atom. The van der Waals surface area contributed by atoms with Crippen molar-refractivity contribution in [1.82, 2.24) is 4.98 Å². The number of nitrogens with zero attached hydrogens (tertiary/aromatic N) is 2. The van der Waals surface area contributed by atoms with Crippen molar-refractivity contribution in [2.24, 2.45) is 0 Å². The number of rotatable bonds is 3. The third-order valence-electron chi connectivity index (χ3n) is 2.19. The van der Waals surface area contributed by atoms with Crippen LogP contribution in [0.3, 0.4) is 0 Å². The van der Waals surface area contributed by atoms with Crippen LogP contribution in [0.25, 0.3) is 0 Å². The van der Waals surface area contributed by atoms with Crippen molar-refractivity contribution >= 4 is 38.8 Å². The minimum atomic E-state index is 0.709. The molecule has 2 rings (SSSR count). The summed E-state index contributed by atoms with van der Waals surface area (Å²) in [6.07, 6.45) is 1.76. The van der Waals surface area contributed by atoms with Gasteiger partial charge in [0, 0.05) is 28.0 Å². The highest BCUT2D eigenvalue weighted by Gasteiger charge is 2.07. The van der Waals surface area contributed by atoms with Gasteiger partial charge in [-0.25, -0.2) is 4.98 Å². The van der Waals surface area contributed by atoms with Crippen LogP contribution < -0.4 is 10.6 Å². The van der Waals surface area contributed by atoms with Gasteiger partial charge in [0.05, 0.1) is 12.2 Å². The number of aromatic nitrogens is 1. The minimum Gasteiger partial charge on any atom is -0.396 e. The first-order chi connectivity index (χ1) is 7.66. The smallest absolute Gasteiger partial charge is 0.151 e. The standard InChI is InChI=1S/C11H12BrN3S/c1-15(6-9-5-8(12)7-16-9)11-10(13)3-2-4-14-11/h2-5,7H,6,13H2,1H3. The molecule has 2 heterocycles. The fourth-order valence-electron chi connectivity index (χ4n) is 1.47. The third kappa shape index (κ3) is 2.54. The van der Waals surface area contributed by atoms with Gasteiger partial charge in [0.1, 0.15) is 0 Å². The molecule has 0 aliphatic carbocycles. The number of anilines is 2. The predicted octanol–water partition coefficient (Wildman–Crippen LogP) is 3.12. The van der Waals surface area contributed by atoms with Crippen LogP contribution in [0.4, 0.5) is 11.5 Å². The van der Waals surface area contributed by atoms with Crippen molar-refractivity contribution in [3.05, 3.63) is 39.1 Å². The molecule has 0 spiro atoms. The zero-order valence-corrected chi connectivity index (χ0v) is 11.3. The molecule has 0 fully saturated rings. The van der Waals surface area contributed by atoms with E-state index in [1.165, 1.54) is 4.88 Å². The van der Waals surface area contributed by atoms with Crippen LogP contribution >= 0.6 is 27.3 Å². The van der Waals surface area contributed by atoms with E-state index in [2.05, 4.69) is 32.4 Å². The van der Waals surface area contributed by atoms with E-state index < -0.39 is 0 Å². The summed E-state index contributed by atoms with van der Waals surface area (Å²) < 4.78 is 1.12. The molecule has 3 nitrogen and oxygen atoms in total. The van der Waals surface area contributed by atoms with Gasteiger partial charge in [-0.05, 0) is 34.1 Å². The minimum absolute atomic E-state index is 0.709. The van der Waals surface area contributed by atoms with Crippen LogP contribution in [-0.4, -0.2) is 12.0 Å². The number of hydrogen-bond donors (Lipinski definition) is 1. The van der Waals surface area contributed by atoms with E-state index in [-0.39, 0.29) is 0 Å². The molecule has 5 heteroatoms. The number of nitrogen functional groups attached to an aromatic ring is 1. The summed E-state index contributed by atoms with van der Waals surface area (Å²) in [4.78, 5) is 7.60. The van der Waals surface area contributed by atoms with Gasteiger partial charge in [0.15, 0.2) is 5.82 Å². The average Bonchev–Trinajstić information content (AvgIpc) is 2.64. The van der Waals surface area contributed by atoms with E-state index in [4.69, 9.17) is 5.73 Å². The number of nitrogens with two attached hydrogens (primary N) is 1. The van der Waals surface area contributed by atoms with Crippen molar-refractivity contribution in [3.8, 4) is 0 Å². The SMILES string of the molecule is CN(Cc1cc(Br)cs1)c1ncccc1N. The van der Waals surface area contributed by atoms with Gasteiger partial charge in [0.2, 0.25) is 0 Å². The molecule has 84 valence electrons. The highest BCUT2D eigenvalue weighted by Crippen LogP contribution is 2.24. The molecule has 2 aromatic rings. The highest BCUT2D eigenvalue weighted by atomic mass is 79.9. The Balaban J connectivity index is 2.14. The largest absolute Gasteiger partial charge is 0.396 e. The Bertz CT molecular complexity index is 484. The Hall–Kier alpha value is -1.07. The predicted molar refractivity (Wildman–Crippen MR) is 72.8 cm³/mol. The summed E-state index contributed by atoms with van der Waals surface area (Å²) in [5.41, 5.74) is 6.58. The molecule has 0 bridgehead atoms. The number of thiophene rings is 1. The van der Waals surface area contributed by atoms with Gasteiger partial charge in [-0.15, -0.1) is 11.3 Å². The molecular formula is C11H12BrN3S. The summed E-state index contributed by atoms with van der Waals surface area (Å²) in [7, 11) is 1.99. The van der Waals surface area contributed by atoms with E-state index in [1.807, 2.05) is 24.1 Å². The molecule has 0 atom stereocenters. The van der Waals surface area contributed by atoms with Crippen LogP contribution in [-0.2, 0) is 6.54 Å². The summed E-state index contributed by atoms with van der Waals surface area (Å²) in [5, 5.41) is 2.07. The molecule has 0 amide bonds. The molecule has 0 saturated heterocycles. The van der Waals surface area contributed by atoms with E-state index >= 15 is 0 Å². The molecule has 0 aromatic carbocycles. The Morgan fingerprint density at radius 2 is 2.38 bits per heavy atom. The molecular weight excluding hydrogens is 286 g/mol. The van der Waals surface area contributed by atoms with Crippen LogP contribution in [0, 0.1) is 0 Å². The number of halogens is 1. The first kappa shape index (κ1) is 11.4. The van der Waals surface area contributed by atoms with Gasteiger partial charge in [-0.3, -0.25) is 0 Å². The lowest BCUT2D eigenvalue weighted by Gasteiger charge is -2.18. The fraction of sp³-hybridized carbons (Fsp3) is 0.182. The van der Waals surface area contributed by atoms with Crippen LogP contribution in [0.15, 0.2) is 34.2 Å². The second-order valence-electron chi connectivity index (χ2n) is 3.50.